The highest BCUT2D eigenvalue weighted by atomic mass is 32.2. The molecule has 30 heavy (non-hydrogen) atoms. The summed E-state index contributed by atoms with van der Waals surface area (Å²) < 4.78 is 27.8. The summed E-state index contributed by atoms with van der Waals surface area (Å²) in [5.74, 6) is -0.314. The molecule has 1 aliphatic rings. The van der Waals surface area contributed by atoms with Crippen LogP contribution >= 0.6 is 0 Å². The van der Waals surface area contributed by atoms with Gasteiger partial charge in [0.15, 0.2) is 0 Å². The average molecular weight is 430 g/mol. The smallest absolute Gasteiger partial charge is 0.255 e. The number of nitrogens with zero attached hydrogens (tertiary/aromatic N) is 2. The largest absolute Gasteiger partial charge is 0.322 e. The first-order valence-electron chi connectivity index (χ1n) is 10.5. The molecule has 1 amide bonds. The molecule has 0 bridgehead atoms. The summed E-state index contributed by atoms with van der Waals surface area (Å²) in [7, 11) is -1.65. The Hall–Kier alpha value is -2.22. The summed E-state index contributed by atoms with van der Waals surface area (Å²) in [4.78, 5) is 15.1. The zero-order chi connectivity index (χ0) is 21.7. The van der Waals surface area contributed by atoms with E-state index in [4.69, 9.17) is 0 Å². The van der Waals surface area contributed by atoms with Crippen molar-refractivity contribution in [1.29, 1.82) is 0 Å². The van der Waals surface area contributed by atoms with Crippen molar-refractivity contribution in [2.45, 2.75) is 38.0 Å². The molecule has 162 valence electrons. The lowest BCUT2D eigenvalue weighted by Gasteiger charge is -2.32. The van der Waals surface area contributed by atoms with Gasteiger partial charge in [0.1, 0.15) is 0 Å². The molecule has 1 aliphatic heterocycles. The van der Waals surface area contributed by atoms with Crippen LogP contribution in [0.1, 0.15) is 41.3 Å². The first kappa shape index (κ1) is 22.5. The van der Waals surface area contributed by atoms with E-state index in [1.54, 1.807) is 19.1 Å². The van der Waals surface area contributed by atoms with Crippen LogP contribution in [0, 0.1) is 6.92 Å². The monoisotopic (exact) mass is 429 g/mol. The van der Waals surface area contributed by atoms with Crippen LogP contribution in [-0.2, 0) is 16.4 Å². The molecule has 1 N–H and O–H groups in total. The van der Waals surface area contributed by atoms with Crippen LogP contribution < -0.4 is 5.32 Å². The van der Waals surface area contributed by atoms with Crippen LogP contribution in [0.25, 0.3) is 0 Å². The second kappa shape index (κ2) is 9.73. The van der Waals surface area contributed by atoms with E-state index < -0.39 is 10.0 Å². The third kappa shape index (κ3) is 5.28. The standard InChI is InChI=1S/C23H31N3O3S/c1-4-5-6-19-8-11-21(12-9-19)24-23(27)20-10-7-18(2)22(17-20)30(28,29)26-15-13-25(3)14-16-26/h7-12,17H,4-6,13-16H2,1-3H3,(H,24,27). The molecule has 6 nitrogen and oxygen atoms in total. The van der Waals surface area contributed by atoms with Crippen molar-refractivity contribution in [3.8, 4) is 0 Å². The summed E-state index contributed by atoms with van der Waals surface area (Å²) in [6, 6.07) is 12.7. The lowest BCUT2D eigenvalue weighted by atomic mass is 10.1. The van der Waals surface area contributed by atoms with E-state index in [0.717, 1.165) is 19.3 Å². The SMILES string of the molecule is CCCCc1ccc(NC(=O)c2ccc(C)c(S(=O)(=O)N3CCN(C)CC3)c2)cc1. The number of hydrogen-bond donors (Lipinski definition) is 1. The van der Waals surface area contributed by atoms with Crippen LogP contribution in [0.5, 0.6) is 0 Å². The number of anilines is 1. The van der Waals surface area contributed by atoms with E-state index in [0.29, 0.717) is 43.0 Å². The topological polar surface area (TPSA) is 69.7 Å². The number of carbonyl (C=O) groups excluding carboxylic acids is 1. The maximum atomic E-state index is 13.1. The molecule has 2 aromatic carbocycles. The number of unbranched alkanes of at least 4 members (excludes halogenated alkanes) is 1. The first-order chi connectivity index (χ1) is 14.3. The number of carbonyl (C=O) groups is 1. The van der Waals surface area contributed by atoms with Gasteiger partial charge in [-0.05, 0) is 62.2 Å². The fraction of sp³-hybridized carbons (Fsp3) is 0.435. The van der Waals surface area contributed by atoms with Crippen molar-refractivity contribution in [3.63, 3.8) is 0 Å². The van der Waals surface area contributed by atoms with Crippen LogP contribution in [0.15, 0.2) is 47.4 Å². The number of nitrogens with one attached hydrogen (secondary N) is 1. The predicted molar refractivity (Wildman–Crippen MR) is 120 cm³/mol. The number of hydrogen-bond acceptors (Lipinski definition) is 4. The summed E-state index contributed by atoms with van der Waals surface area (Å²) in [6.07, 6.45) is 3.31. The molecule has 0 atom stereocenters. The van der Waals surface area contributed by atoms with Gasteiger partial charge in [-0.3, -0.25) is 4.79 Å². The molecule has 1 heterocycles. The normalized spacial score (nSPS) is 15.8. The number of piperazine rings is 1. The van der Waals surface area contributed by atoms with E-state index in [2.05, 4.69) is 17.1 Å². The molecule has 0 unspecified atom stereocenters. The second-order valence-electron chi connectivity index (χ2n) is 7.94. The van der Waals surface area contributed by atoms with Gasteiger partial charge < -0.3 is 10.2 Å². The van der Waals surface area contributed by atoms with Crippen molar-refractivity contribution in [2.24, 2.45) is 0 Å². The van der Waals surface area contributed by atoms with Crippen molar-refractivity contribution in [2.75, 3.05) is 38.5 Å². The summed E-state index contributed by atoms with van der Waals surface area (Å²) >= 11 is 0. The van der Waals surface area contributed by atoms with Gasteiger partial charge in [-0.1, -0.05) is 31.5 Å². The molecule has 7 heteroatoms. The maximum absolute atomic E-state index is 13.1. The third-order valence-electron chi connectivity index (χ3n) is 5.56. The molecule has 1 saturated heterocycles. The van der Waals surface area contributed by atoms with Crippen LogP contribution in [0.4, 0.5) is 5.69 Å². The van der Waals surface area contributed by atoms with E-state index in [9.17, 15) is 13.2 Å². The number of amides is 1. The molecule has 1 fully saturated rings. The second-order valence-corrected chi connectivity index (χ2v) is 9.85. The summed E-state index contributed by atoms with van der Waals surface area (Å²) in [6.45, 7) is 6.24. The maximum Gasteiger partial charge on any atom is 0.255 e. The minimum Gasteiger partial charge on any atom is -0.322 e. The van der Waals surface area contributed by atoms with Gasteiger partial charge in [0.2, 0.25) is 10.0 Å². The van der Waals surface area contributed by atoms with E-state index in [1.807, 2.05) is 31.3 Å². The van der Waals surface area contributed by atoms with Crippen molar-refractivity contribution in [1.82, 2.24) is 9.21 Å². The van der Waals surface area contributed by atoms with Gasteiger partial charge in [-0.25, -0.2) is 8.42 Å². The molecule has 0 spiro atoms. The van der Waals surface area contributed by atoms with Crippen molar-refractivity contribution in [3.05, 3.63) is 59.2 Å². The molecule has 0 radical (unpaired) electrons. The van der Waals surface area contributed by atoms with E-state index >= 15 is 0 Å². The fourth-order valence-corrected chi connectivity index (χ4v) is 5.20. The Morgan fingerprint density at radius 1 is 1.03 bits per heavy atom. The quantitative estimate of drug-likeness (QED) is 0.731. The highest BCUT2D eigenvalue weighted by Gasteiger charge is 2.29. The van der Waals surface area contributed by atoms with E-state index in [-0.39, 0.29) is 10.8 Å². The molecule has 3 rings (SSSR count). The third-order valence-corrected chi connectivity index (χ3v) is 7.60. The lowest BCUT2D eigenvalue weighted by molar-refractivity contribution is 0.102. The van der Waals surface area contributed by atoms with Crippen molar-refractivity contribution >= 4 is 21.6 Å². The number of sulfonamides is 1. The summed E-state index contributed by atoms with van der Waals surface area (Å²) in [5.41, 5.74) is 2.92. The number of likely N-dealkylation sites (N-methyl/N-ethyl adjacent to an activating group) is 1. The minimum absolute atomic E-state index is 0.203. The Kier molecular flexibility index (Phi) is 7.28. The molecule has 2 aromatic rings. The predicted octanol–water partition coefficient (Wildman–Crippen LogP) is 3.53. The Morgan fingerprint density at radius 3 is 2.33 bits per heavy atom. The molecule has 0 aliphatic carbocycles. The number of aryl methyl sites for hydroxylation is 2. The Balaban J connectivity index is 1.76. The van der Waals surface area contributed by atoms with Crippen molar-refractivity contribution < 1.29 is 13.2 Å². The number of rotatable bonds is 7. The molecular weight excluding hydrogens is 398 g/mol. The Labute approximate surface area is 179 Å². The average Bonchev–Trinajstić information content (AvgIpc) is 2.73. The van der Waals surface area contributed by atoms with Crippen LogP contribution in [-0.4, -0.2) is 56.8 Å². The van der Waals surface area contributed by atoms with Gasteiger partial charge in [0.05, 0.1) is 4.90 Å². The Morgan fingerprint density at radius 2 is 1.70 bits per heavy atom. The molecular formula is C23H31N3O3S. The zero-order valence-electron chi connectivity index (χ0n) is 18.0. The highest BCUT2D eigenvalue weighted by Crippen LogP contribution is 2.23. The Bertz CT molecular complexity index is 979. The zero-order valence-corrected chi connectivity index (χ0v) is 18.8. The fourth-order valence-electron chi connectivity index (χ4n) is 3.53. The van der Waals surface area contributed by atoms with Crippen LogP contribution in [0.3, 0.4) is 0 Å². The number of benzene rings is 2. The van der Waals surface area contributed by atoms with Crippen LogP contribution in [0.2, 0.25) is 0 Å². The molecule has 0 aromatic heterocycles. The first-order valence-corrected chi connectivity index (χ1v) is 11.9. The minimum atomic E-state index is -3.63. The van der Waals surface area contributed by atoms with Gasteiger partial charge in [-0.2, -0.15) is 4.31 Å². The van der Waals surface area contributed by atoms with Gasteiger partial charge in [0, 0.05) is 37.4 Å². The van der Waals surface area contributed by atoms with Gasteiger partial charge >= 0.3 is 0 Å². The van der Waals surface area contributed by atoms with E-state index in [1.165, 1.54) is 15.9 Å². The highest BCUT2D eigenvalue weighted by molar-refractivity contribution is 7.89. The lowest BCUT2D eigenvalue weighted by Crippen LogP contribution is -2.47. The van der Waals surface area contributed by atoms with Gasteiger partial charge in [0.25, 0.3) is 5.91 Å². The molecule has 0 saturated carbocycles. The van der Waals surface area contributed by atoms with Gasteiger partial charge in [-0.15, -0.1) is 0 Å². The summed E-state index contributed by atoms with van der Waals surface area (Å²) in [5, 5.41) is 2.87.